The van der Waals surface area contributed by atoms with E-state index in [0.29, 0.717) is 4.83 Å². The van der Waals surface area contributed by atoms with Crippen molar-refractivity contribution in [2.75, 3.05) is 0 Å². The van der Waals surface area contributed by atoms with Crippen LogP contribution in [0.2, 0.25) is 0 Å². The van der Waals surface area contributed by atoms with Gasteiger partial charge < -0.3 is 0 Å². The number of alkyl halides is 1. The van der Waals surface area contributed by atoms with Crippen molar-refractivity contribution in [2.45, 2.75) is 31.0 Å². The van der Waals surface area contributed by atoms with Gasteiger partial charge in [-0.2, -0.15) is 0 Å². The number of hydrogen-bond donors (Lipinski definition) is 0. The van der Waals surface area contributed by atoms with Gasteiger partial charge in [0, 0.05) is 4.83 Å². The van der Waals surface area contributed by atoms with Crippen LogP contribution in [0.25, 0.3) is 0 Å². The van der Waals surface area contributed by atoms with Gasteiger partial charge in [0.25, 0.3) is 0 Å². The van der Waals surface area contributed by atoms with Gasteiger partial charge >= 0.3 is 0 Å². The summed E-state index contributed by atoms with van der Waals surface area (Å²) < 4.78 is 0. The van der Waals surface area contributed by atoms with Crippen molar-refractivity contribution in [3.05, 3.63) is 35.4 Å². The molecular formula is C12H15Br. The molecule has 1 aliphatic carbocycles. The Morgan fingerprint density at radius 3 is 2.31 bits per heavy atom. The molecule has 0 saturated carbocycles. The Labute approximate surface area is 88.5 Å². The van der Waals surface area contributed by atoms with E-state index < -0.39 is 0 Å². The molecule has 0 heterocycles. The number of benzene rings is 1. The zero-order valence-corrected chi connectivity index (χ0v) is 9.55. The number of hydrogen-bond acceptors (Lipinski definition) is 0. The van der Waals surface area contributed by atoms with E-state index >= 15 is 0 Å². The second-order valence-electron chi connectivity index (χ2n) is 4.06. The van der Waals surface area contributed by atoms with Crippen LogP contribution in [0, 0.1) is 5.92 Å². The first-order valence-electron chi connectivity index (χ1n) is 4.96. The topological polar surface area (TPSA) is 0 Å². The van der Waals surface area contributed by atoms with Crippen LogP contribution in [0.15, 0.2) is 24.3 Å². The van der Waals surface area contributed by atoms with Crippen LogP contribution in [-0.4, -0.2) is 4.83 Å². The van der Waals surface area contributed by atoms with Crippen LogP contribution in [0.1, 0.15) is 24.5 Å². The lowest BCUT2D eigenvalue weighted by Gasteiger charge is -2.09. The Balaban J connectivity index is 2.05. The highest BCUT2D eigenvalue weighted by molar-refractivity contribution is 9.09. The predicted molar refractivity (Wildman–Crippen MR) is 60.3 cm³/mol. The van der Waals surface area contributed by atoms with Crippen molar-refractivity contribution in [1.82, 2.24) is 0 Å². The Bertz CT molecular complexity index is 266. The molecule has 0 radical (unpaired) electrons. The summed E-state index contributed by atoms with van der Waals surface area (Å²) in [7, 11) is 0. The number of fused-ring (bicyclic) bond motifs is 1. The summed E-state index contributed by atoms with van der Waals surface area (Å²) in [6.07, 6.45) is 3.87. The third kappa shape index (κ3) is 2.14. The van der Waals surface area contributed by atoms with Crippen LogP contribution >= 0.6 is 15.9 Å². The largest absolute Gasteiger partial charge is 0.0894 e. The van der Waals surface area contributed by atoms with Crippen LogP contribution in [0.5, 0.6) is 0 Å². The van der Waals surface area contributed by atoms with Gasteiger partial charge in [-0.1, -0.05) is 47.1 Å². The van der Waals surface area contributed by atoms with Crippen LogP contribution in [0.3, 0.4) is 0 Å². The molecule has 70 valence electrons. The van der Waals surface area contributed by atoms with Crippen molar-refractivity contribution < 1.29 is 0 Å². The lowest BCUT2D eigenvalue weighted by atomic mass is 10.0. The van der Waals surface area contributed by atoms with Gasteiger partial charge in [-0.05, 0) is 36.3 Å². The van der Waals surface area contributed by atoms with E-state index in [2.05, 4.69) is 47.1 Å². The van der Waals surface area contributed by atoms with Gasteiger partial charge in [-0.15, -0.1) is 0 Å². The summed E-state index contributed by atoms with van der Waals surface area (Å²) in [5, 5.41) is 0. The van der Waals surface area contributed by atoms with Crippen molar-refractivity contribution in [3.63, 3.8) is 0 Å². The molecule has 0 amide bonds. The van der Waals surface area contributed by atoms with E-state index in [9.17, 15) is 0 Å². The second-order valence-corrected chi connectivity index (χ2v) is 5.62. The molecule has 0 bridgehead atoms. The fourth-order valence-corrected chi connectivity index (χ4v) is 2.80. The molecule has 0 N–H and O–H groups in total. The average Bonchev–Trinajstić information content (AvgIpc) is 2.44. The Morgan fingerprint density at radius 1 is 1.31 bits per heavy atom. The summed E-state index contributed by atoms with van der Waals surface area (Å²) >= 11 is 3.63. The minimum atomic E-state index is 0.659. The van der Waals surface area contributed by atoms with Gasteiger partial charge in [-0.25, -0.2) is 0 Å². The van der Waals surface area contributed by atoms with Gasteiger partial charge in [0.15, 0.2) is 0 Å². The zero-order valence-electron chi connectivity index (χ0n) is 7.96. The first kappa shape index (κ1) is 9.26. The third-order valence-electron chi connectivity index (χ3n) is 2.79. The highest BCUT2D eigenvalue weighted by Crippen LogP contribution is 2.30. The van der Waals surface area contributed by atoms with Crippen molar-refractivity contribution in [2.24, 2.45) is 5.92 Å². The number of rotatable bonds is 2. The first-order valence-corrected chi connectivity index (χ1v) is 5.88. The number of halogens is 1. The van der Waals surface area contributed by atoms with Crippen LogP contribution in [0.4, 0.5) is 0 Å². The normalized spacial score (nSPS) is 18.6. The summed E-state index contributed by atoms with van der Waals surface area (Å²) in [5.41, 5.74) is 3.14. The van der Waals surface area contributed by atoms with E-state index in [0.717, 1.165) is 5.92 Å². The summed E-state index contributed by atoms with van der Waals surface area (Å²) in [6, 6.07) is 8.85. The SMILES string of the molecule is CC(Br)CC1Cc2ccccc2C1. The van der Waals surface area contributed by atoms with E-state index in [1.165, 1.54) is 19.3 Å². The monoisotopic (exact) mass is 238 g/mol. The van der Waals surface area contributed by atoms with Gasteiger partial charge in [-0.3, -0.25) is 0 Å². The highest BCUT2D eigenvalue weighted by Gasteiger charge is 2.21. The minimum absolute atomic E-state index is 0.659. The van der Waals surface area contributed by atoms with E-state index in [1.54, 1.807) is 11.1 Å². The molecule has 13 heavy (non-hydrogen) atoms. The molecule has 0 aromatic heterocycles. The molecule has 1 atom stereocenters. The molecule has 0 aliphatic heterocycles. The van der Waals surface area contributed by atoms with Gasteiger partial charge in [0.05, 0.1) is 0 Å². The lowest BCUT2D eigenvalue weighted by molar-refractivity contribution is 0.517. The maximum Gasteiger partial charge on any atom is 0.0120 e. The molecule has 0 fully saturated rings. The van der Waals surface area contributed by atoms with Crippen molar-refractivity contribution in [1.29, 1.82) is 0 Å². The standard InChI is InChI=1S/C12H15Br/c1-9(13)6-10-7-11-4-2-3-5-12(11)8-10/h2-5,9-10H,6-8H2,1H3. The molecule has 1 aromatic carbocycles. The van der Waals surface area contributed by atoms with E-state index in [1.807, 2.05) is 0 Å². The van der Waals surface area contributed by atoms with Crippen molar-refractivity contribution >= 4 is 15.9 Å². The summed E-state index contributed by atoms with van der Waals surface area (Å²) in [5.74, 6) is 0.867. The van der Waals surface area contributed by atoms with E-state index in [-0.39, 0.29) is 0 Å². The molecule has 1 heteroatoms. The van der Waals surface area contributed by atoms with Gasteiger partial charge in [0.2, 0.25) is 0 Å². The third-order valence-corrected chi connectivity index (χ3v) is 3.17. The molecule has 2 rings (SSSR count). The van der Waals surface area contributed by atoms with Crippen LogP contribution < -0.4 is 0 Å². The maximum atomic E-state index is 3.63. The average molecular weight is 239 g/mol. The molecule has 0 spiro atoms. The fourth-order valence-electron chi connectivity index (χ4n) is 2.28. The highest BCUT2D eigenvalue weighted by atomic mass is 79.9. The molecular weight excluding hydrogens is 224 g/mol. The summed E-state index contributed by atoms with van der Waals surface area (Å²) in [4.78, 5) is 0.659. The van der Waals surface area contributed by atoms with E-state index in [4.69, 9.17) is 0 Å². The zero-order chi connectivity index (χ0) is 9.26. The molecule has 1 aromatic rings. The van der Waals surface area contributed by atoms with Gasteiger partial charge in [0.1, 0.15) is 0 Å². The smallest absolute Gasteiger partial charge is 0.0120 e. The summed E-state index contributed by atoms with van der Waals surface area (Å²) in [6.45, 7) is 2.24. The first-order chi connectivity index (χ1) is 6.25. The lowest BCUT2D eigenvalue weighted by Crippen LogP contribution is -2.05. The van der Waals surface area contributed by atoms with Crippen LogP contribution in [-0.2, 0) is 12.8 Å². The Morgan fingerprint density at radius 2 is 1.85 bits per heavy atom. The quantitative estimate of drug-likeness (QED) is 0.692. The van der Waals surface area contributed by atoms with Crippen molar-refractivity contribution in [3.8, 4) is 0 Å². The Kier molecular flexibility index (Phi) is 2.73. The molecule has 1 unspecified atom stereocenters. The Hall–Kier alpha value is -0.300. The maximum absolute atomic E-state index is 3.63. The second kappa shape index (κ2) is 3.83. The fraction of sp³-hybridized carbons (Fsp3) is 0.500. The predicted octanol–water partition coefficient (Wildman–Crippen LogP) is 3.57. The molecule has 1 aliphatic rings. The molecule has 0 saturated heterocycles. The molecule has 0 nitrogen and oxygen atoms in total. The minimum Gasteiger partial charge on any atom is -0.0894 e.